The van der Waals surface area contributed by atoms with Crippen LogP contribution in [-0.4, -0.2) is 25.2 Å². The SMILES string of the molecule is Cc1ccccc1[C@@H](Cc1ccc([N+](=O)[O-])cc1[N+](=O)[O-])C(=O)c1nccn1C. The Morgan fingerprint density at radius 3 is 2.45 bits per heavy atom. The van der Waals surface area contributed by atoms with E-state index in [0.717, 1.165) is 17.2 Å². The van der Waals surface area contributed by atoms with E-state index >= 15 is 0 Å². The predicted molar refractivity (Wildman–Crippen MR) is 105 cm³/mol. The van der Waals surface area contributed by atoms with Crippen LogP contribution in [0.1, 0.15) is 33.2 Å². The first-order valence-corrected chi connectivity index (χ1v) is 8.78. The van der Waals surface area contributed by atoms with Crippen molar-refractivity contribution in [3.8, 4) is 0 Å². The average molecular weight is 394 g/mol. The molecule has 0 amide bonds. The number of rotatable bonds is 7. The van der Waals surface area contributed by atoms with Gasteiger partial charge in [-0.3, -0.25) is 25.0 Å². The molecule has 0 saturated heterocycles. The normalized spacial score (nSPS) is 11.8. The van der Waals surface area contributed by atoms with Gasteiger partial charge in [0.1, 0.15) is 0 Å². The molecule has 0 aliphatic heterocycles. The van der Waals surface area contributed by atoms with E-state index in [-0.39, 0.29) is 35.0 Å². The summed E-state index contributed by atoms with van der Waals surface area (Å²) in [6.07, 6.45) is 3.18. The highest BCUT2D eigenvalue weighted by atomic mass is 16.6. The minimum atomic E-state index is -0.725. The van der Waals surface area contributed by atoms with Gasteiger partial charge in [-0.2, -0.15) is 0 Å². The van der Waals surface area contributed by atoms with Crippen LogP contribution in [0.5, 0.6) is 0 Å². The number of ketones is 1. The number of nitro benzene ring substituents is 2. The van der Waals surface area contributed by atoms with E-state index in [2.05, 4.69) is 4.98 Å². The Balaban J connectivity index is 2.10. The molecule has 0 spiro atoms. The van der Waals surface area contributed by atoms with Gasteiger partial charge in [-0.25, -0.2) is 4.98 Å². The van der Waals surface area contributed by atoms with Gasteiger partial charge in [0.05, 0.1) is 21.8 Å². The van der Waals surface area contributed by atoms with E-state index in [4.69, 9.17) is 0 Å². The number of imidazole rings is 1. The van der Waals surface area contributed by atoms with Crippen molar-refractivity contribution in [3.05, 3.63) is 97.6 Å². The predicted octanol–water partition coefficient (Wildman–Crippen LogP) is 3.75. The second kappa shape index (κ2) is 8.01. The van der Waals surface area contributed by atoms with Crippen molar-refractivity contribution in [2.75, 3.05) is 0 Å². The molecule has 1 aromatic heterocycles. The number of hydrogen-bond acceptors (Lipinski definition) is 6. The number of aryl methyl sites for hydroxylation is 2. The third kappa shape index (κ3) is 4.03. The van der Waals surface area contributed by atoms with Gasteiger partial charge in [-0.05, 0) is 30.5 Å². The second-order valence-electron chi connectivity index (χ2n) is 6.67. The molecule has 3 aromatic rings. The highest BCUT2D eigenvalue weighted by Crippen LogP contribution is 2.32. The molecule has 0 fully saturated rings. The number of benzene rings is 2. The fourth-order valence-corrected chi connectivity index (χ4v) is 3.31. The molecule has 0 bridgehead atoms. The summed E-state index contributed by atoms with van der Waals surface area (Å²) >= 11 is 0. The summed E-state index contributed by atoms with van der Waals surface area (Å²) in [7, 11) is 1.70. The Hall–Kier alpha value is -3.88. The lowest BCUT2D eigenvalue weighted by atomic mass is 9.85. The number of aromatic nitrogens is 2. The van der Waals surface area contributed by atoms with Crippen molar-refractivity contribution in [1.29, 1.82) is 0 Å². The maximum Gasteiger partial charge on any atom is 0.279 e. The Kier molecular flexibility index (Phi) is 5.49. The second-order valence-corrected chi connectivity index (χ2v) is 6.67. The molecule has 0 radical (unpaired) electrons. The van der Waals surface area contributed by atoms with Crippen LogP contribution in [0.25, 0.3) is 0 Å². The van der Waals surface area contributed by atoms with Crippen LogP contribution in [0.3, 0.4) is 0 Å². The van der Waals surface area contributed by atoms with Crippen LogP contribution in [0.2, 0.25) is 0 Å². The first-order valence-electron chi connectivity index (χ1n) is 8.78. The molecule has 0 unspecified atom stereocenters. The molecular weight excluding hydrogens is 376 g/mol. The zero-order valence-corrected chi connectivity index (χ0v) is 15.8. The van der Waals surface area contributed by atoms with Crippen LogP contribution in [0, 0.1) is 27.2 Å². The lowest BCUT2D eigenvalue weighted by molar-refractivity contribution is -0.394. The van der Waals surface area contributed by atoms with E-state index in [9.17, 15) is 25.0 Å². The molecule has 0 saturated carbocycles. The van der Waals surface area contributed by atoms with Gasteiger partial charge in [0, 0.05) is 31.1 Å². The summed E-state index contributed by atoms with van der Waals surface area (Å²) in [5.41, 5.74) is 1.09. The van der Waals surface area contributed by atoms with Crippen molar-refractivity contribution in [3.63, 3.8) is 0 Å². The van der Waals surface area contributed by atoms with Crippen LogP contribution in [0.15, 0.2) is 54.9 Å². The fourth-order valence-electron chi connectivity index (χ4n) is 3.31. The summed E-state index contributed by atoms with van der Waals surface area (Å²) in [4.78, 5) is 38.6. The van der Waals surface area contributed by atoms with Crippen molar-refractivity contribution in [1.82, 2.24) is 9.55 Å². The third-order valence-corrected chi connectivity index (χ3v) is 4.82. The van der Waals surface area contributed by atoms with Crippen LogP contribution >= 0.6 is 0 Å². The van der Waals surface area contributed by atoms with Crippen LogP contribution in [0.4, 0.5) is 11.4 Å². The Morgan fingerprint density at radius 2 is 1.86 bits per heavy atom. The maximum absolute atomic E-state index is 13.3. The average Bonchev–Trinajstić information content (AvgIpc) is 3.12. The summed E-state index contributed by atoms with van der Waals surface area (Å²) in [5, 5.41) is 22.5. The molecule has 0 aliphatic rings. The summed E-state index contributed by atoms with van der Waals surface area (Å²) in [5.74, 6) is -0.764. The van der Waals surface area contributed by atoms with Gasteiger partial charge in [0.25, 0.3) is 11.4 Å². The number of non-ortho nitro benzene ring substituents is 1. The van der Waals surface area contributed by atoms with Gasteiger partial charge in [0.15, 0.2) is 5.82 Å². The highest BCUT2D eigenvalue weighted by molar-refractivity contribution is 5.98. The molecule has 0 aliphatic carbocycles. The Labute approximate surface area is 165 Å². The molecule has 0 N–H and O–H groups in total. The van der Waals surface area contributed by atoms with E-state index in [1.807, 2.05) is 19.1 Å². The molecule has 3 rings (SSSR count). The molecule has 2 aromatic carbocycles. The number of carbonyl (C=O) groups is 1. The van der Waals surface area contributed by atoms with Crippen molar-refractivity contribution < 1.29 is 14.6 Å². The molecule has 148 valence electrons. The Morgan fingerprint density at radius 1 is 1.14 bits per heavy atom. The van der Waals surface area contributed by atoms with Gasteiger partial charge in [-0.15, -0.1) is 0 Å². The number of Topliss-reactive ketones (excluding diaryl/α,β-unsaturated/α-hetero) is 1. The van der Waals surface area contributed by atoms with Crippen molar-refractivity contribution >= 4 is 17.2 Å². The van der Waals surface area contributed by atoms with Gasteiger partial charge in [0.2, 0.25) is 5.78 Å². The standard InChI is InChI=1S/C20H18N4O5/c1-13-5-3-4-6-16(13)17(19(25)20-21-9-10-22(20)2)11-14-7-8-15(23(26)27)12-18(14)24(28)29/h3-10,12,17H,11H2,1-2H3/t17-/m1/s1. The van der Waals surface area contributed by atoms with E-state index in [1.54, 1.807) is 29.9 Å². The molecule has 29 heavy (non-hydrogen) atoms. The molecule has 9 heteroatoms. The highest BCUT2D eigenvalue weighted by Gasteiger charge is 2.30. The first kappa shape index (κ1) is 19.9. The molecular formula is C20H18N4O5. The van der Waals surface area contributed by atoms with E-state index in [0.29, 0.717) is 0 Å². The van der Waals surface area contributed by atoms with Gasteiger partial charge < -0.3 is 4.57 Å². The number of nitro groups is 2. The monoisotopic (exact) mass is 394 g/mol. The number of hydrogen-bond donors (Lipinski definition) is 0. The molecule has 1 atom stereocenters. The quantitative estimate of drug-likeness (QED) is 0.342. The van der Waals surface area contributed by atoms with E-state index in [1.165, 1.54) is 18.3 Å². The zero-order chi connectivity index (χ0) is 21.1. The minimum absolute atomic E-state index is 0.0187. The van der Waals surface area contributed by atoms with Gasteiger partial charge in [-0.1, -0.05) is 24.3 Å². The van der Waals surface area contributed by atoms with Crippen LogP contribution in [-0.2, 0) is 13.5 Å². The smallest absolute Gasteiger partial charge is 0.279 e. The lowest BCUT2D eigenvalue weighted by Crippen LogP contribution is -2.20. The number of carbonyl (C=O) groups excluding carboxylic acids is 1. The first-order chi connectivity index (χ1) is 13.8. The zero-order valence-electron chi connectivity index (χ0n) is 15.8. The van der Waals surface area contributed by atoms with Crippen molar-refractivity contribution in [2.45, 2.75) is 19.3 Å². The largest absolute Gasteiger partial charge is 0.332 e. The third-order valence-electron chi connectivity index (χ3n) is 4.82. The summed E-state index contributed by atoms with van der Waals surface area (Å²) in [6, 6.07) is 10.8. The fraction of sp³-hybridized carbons (Fsp3) is 0.200. The van der Waals surface area contributed by atoms with Gasteiger partial charge >= 0.3 is 0 Å². The minimum Gasteiger partial charge on any atom is -0.332 e. The Bertz CT molecular complexity index is 1110. The van der Waals surface area contributed by atoms with Crippen LogP contribution < -0.4 is 0 Å². The lowest BCUT2D eigenvalue weighted by Gasteiger charge is -2.18. The van der Waals surface area contributed by atoms with Crippen molar-refractivity contribution in [2.24, 2.45) is 7.05 Å². The molecule has 9 nitrogen and oxygen atoms in total. The number of nitrogens with zero attached hydrogens (tertiary/aromatic N) is 4. The summed E-state index contributed by atoms with van der Waals surface area (Å²) in [6.45, 7) is 1.86. The topological polar surface area (TPSA) is 121 Å². The summed E-state index contributed by atoms with van der Waals surface area (Å²) < 4.78 is 1.60. The maximum atomic E-state index is 13.3. The molecule has 1 heterocycles. The van der Waals surface area contributed by atoms with E-state index < -0.39 is 15.8 Å².